The summed E-state index contributed by atoms with van der Waals surface area (Å²) in [6.07, 6.45) is 12.6. The Kier molecular flexibility index (Phi) is 7.32. The highest BCUT2D eigenvalue weighted by atomic mass is 16.7. The van der Waals surface area contributed by atoms with E-state index in [1.54, 1.807) is 0 Å². The van der Waals surface area contributed by atoms with Gasteiger partial charge in [0.2, 0.25) is 0 Å². The Bertz CT molecular complexity index is 515. The molecule has 0 radical (unpaired) electrons. The van der Waals surface area contributed by atoms with E-state index in [2.05, 4.69) is 13.0 Å². The summed E-state index contributed by atoms with van der Waals surface area (Å²) in [5.41, 5.74) is 0. The van der Waals surface area contributed by atoms with Crippen LogP contribution in [-0.4, -0.2) is 49.5 Å². The standard InChI is InChI=1S/C23H38O5/c1-16-5-4-6-21(24)22(28-23-7-2-3-10-27-23)14-18-9-8-17-13-19(15-20(17)18)26-12-11-25-16/h14,16-21,23-24H,2-13,15H2,1H3/b22-14-/t16?,17?,18-,19?,20?,21+,23?/m1/s1. The fraction of sp³-hybridized carbons (Fsp3) is 0.913. The first kappa shape index (κ1) is 20.6. The van der Waals surface area contributed by atoms with Gasteiger partial charge >= 0.3 is 0 Å². The number of aliphatic hydroxyl groups is 1. The average Bonchev–Trinajstić information content (AvgIpc) is 3.26. The number of aliphatic hydroxyl groups excluding tert-OH is 1. The fourth-order valence-electron chi connectivity index (χ4n) is 5.61. The molecular formula is C23H38O5. The van der Waals surface area contributed by atoms with Crippen molar-refractivity contribution >= 4 is 0 Å². The maximum atomic E-state index is 10.9. The van der Waals surface area contributed by atoms with Gasteiger partial charge in [0.15, 0.2) is 6.29 Å². The summed E-state index contributed by atoms with van der Waals surface area (Å²) in [6.45, 7) is 4.24. The van der Waals surface area contributed by atoms with Gasteiger partial charge in [-0.25, -0.2) is 0 Å². The van der Waals surface area contributed by atoms with Crippen molar-refractivity contribution in [2.75, 3.05) is 19.8 Å². The zero-order valence-electron chi connectivity index (χ0n) is 17.4. The lowest BCUT2D eigenvalue weighted by atomic mass is 9.90. The van der Waals surface area contributed by atoms with Gasteiger partial charge in [0, 0.05) is 6.42 Å². The lowest BCUT2D eigenvalue weighted by Gasteiger charge is -2.28. The molecule has 0 aromatic rings. The van der Waals surface area contributed by atoms with Gasteiger partial charge in [-0.05, 0) is 88.5 Å². The second kappa shape index (κ2) is 9.92. The molecule has 5 nitrogen and oxygen atoms in total. The highest BCUT2D eigenvalue weighted by Gasteiger charge is 2.43. The quantitative estimate of drug-likeness (QED) is 0.761. The van der Waals surface area contributed by atoms with Gasteiger partial charge in [-0.2, -0.15) is 0 Å². The van der Waals surface area contributed by atoms with Crippen LogP contribution in [0.1, 0.15) is 71.1 Å². The van der Waals surface area contributed by atoms with Crippen LogP contribution in [0.4, 0.5) is 0 Å². The maximum Gasteiger partial charge on any atom is 0.199 e. The number of hydrogen-bond donors (Lipinski definition) is 1. The SMILES string of the molecule is CC1CCC[C@H](O)/C(OC2CCCCO2)=C/[C@H]2CCC3CC(CC32)OCCO1. The molecule has 4 aliphatic rings. The van der Waals surface area contributed by atoms with Crippen molar-refractivity contribution in [1.82, 2.24) is 0 Å². The van der Waals surface area contributed by atoms with E-state index in [1.165, 1.54) is 19.3 Å². The number of hydrogen-bond acceptors (Lipinski definition) is 5. The van der Waals surface area contributed by atoms with Gasteiger partial charge in [-0.1, -0.05) is 0 Å². The molecule has 7 atom stereocenters. The van der Waals surface area contributed by atoms with Gasteiger partial charge in [0.25, 0.3) is 0 Å². The van der Waals surface area contributed by atoms with E-state index in [0.29, 0.717) is 37.6 Å². The molecule has 5 heteroatoms. The number of rotatable bonds is 2. The van der Waals surface area contributed by atoms with Crippen molar-refractivity contribution in [2.24, 2.45) is 17.8 Å². The summed E-state index contributed by atoms with van der Waals surface area (Å²) >= 11 is 0. The van der Waals surface area contributed by atoms with Crippen LogP contribution in [0.25, 0.3) is 0 Å². The molecule has 3 fully saturated rings. The van der Waals surface area contributed by atoms with E-state index < -0.39 is 6.10 Å². The molecule has 28 heavy (non-hydrogen) atoms. The Labute approximate surface area is 169 Å². The van der Waals surface area contributed by atoms with Crippen molar-refractivity contribution in [3.8, 4) is 0 Å². The van der Waals surface area contributed by atoms with Crippen LogP contribution in [0.5, 0.6) is 0 Å². The van der Waals surface area contributed by atoms with Gasteiger partial charge in [0.05, 0.1) is 32.0 Å². The molecule has 2 aliphatic carbocycles. The van der Waals surface area contributed by atoms with E-state index in [1.807, 2.05) is 0 Å². The molecule has 0 amide bonds. The number of fused-ring (bicyclic) bond motifs is 1. The lowest BCUT2D eigenvalue weighted by Crippen LogP contribution is -2.26. The van der Waals surface area contributed by atoms with Gasteiger partial charge < -0.3 is 24.1 Å². The molecule has 0 aromatic carbocycles. The van der Waals surface area contributed by atoms with Gasteiger partial charge in [-0.3, -0.25) is 0 Å². The Morgan fingerprint density at radius 3 is 2.64 bits per heavy atom. The maximum absolute atomic E-state index is 10.9. The summed E-state index contributed by atoms with van der Waals surface area (Å²) in [4.78, 5) is 0. The van der Waals surface area contributed by atoms with Crippen LogP contribution in [0.15, 0.2) is 11.8 Å². The van der Waals surface area contributed by atoms with Crippen molar-refractivity contribution in [3.05, 3.63) is 11.8 Å². The van der Waals surface area contributed by atoms with E-state index in [9.17, 15) is 5.11 Å². The zero-order chi connectivity index (χ0) is 19.3. The first-order valence-electron chi connectivity index (χ1n) is 11.6. The first-order chi connectivity index (χ1) is 13.7. The molecule has 2 saturated carbocycles. The minimum Gasteiger partial charge on any atom is -0.467 e. The normalized spacial score (nSPS) is 44.9. The Hall–Kier alpha value is -0.620. The van der Waals surface area contributed by atoms with Crippen LogP contribution in [-0.2, 0) is 18.9 Å². The van der Waals surface area contributed by atoms with E-state index in [-0.39, 0.29) is 12.4 Å². The molecule has 0 spiro atoms. The third kappa shape index (κ3) is 5.29. The van der Waals surface area contributed by atoms with E-state index in [4.69, 9.17) is 18.9 Å². The van der Waals surface area contributed by atoms with Gasteiger partial charge in [-0.15, -0.1) is 0 Å². The highest BCUT2D eigenvalue weighted by molar-refractivity contribution is 5.09. The first-order valence-corrected chi connectivity index (χ1v) is 11.6. The van der Waals surface area contributed by atoms with Crippen LogP contribution in [0.2, 0.25) is 0 Å². The predicted octanol–water partition coefficient (Wildman–Crippen LogP) is 4.18. The predicted molar refractivity (Wildman–Crippen MR) is 107 cm³/mol. The molecule has 0 aromatic heterocycles. The second-order valence-corrected chi connectivity index (χ2v) is 9.24. The Morgan fingerprint density at radius 2 is 1.79 bits per heavy atom. The molecule has 2 bridgehead atoms. The summed E-state index contributed by atoms with van der Waals surface area (Å²) in [7, 11) is 0. The van der Waals surface area contributed by atoms with Crippen LogP contribution in [0.3, 0.4) is 0 Å². The van der Waals surface area contributed by atoms with Crippen molar-refractivity contribution in [1.29, 1.82) is 0 Å². The second-order valence-electron chi connectivity index (χ2n) is 9.24. The van der Waals surface area contributed by atoms with Crippen LogP contribution in [0, 0.1) is 17.8 Å². The number of allylic oxidation sites excluding steroid dienone is 1. The van der Waals surface area contributed by atoms with Crippen molar-refractivity contribution in [3.63, 3.8) is 0 Å². The monoisotopic (exact) mass is 394 g/mol. The minimum atomic E-state index is -0.546. The molecule has 1 N–H and O–H groups in total. The largest absolute Gasteiger partial charge is 0.467 e. The fourth-order valence-corrected chi connectivity index (χ4v) is 5.61. The topological polar surface area (TPSA) is 57.2 Å². The van der Waals surface area contributed by atoms with Crippen LogP contribution < -0.4 is 0 Å². The Balaban J connectivity index is 1.48. The minimum absolute atomic E-state index is 0.198. The summed E-state index contributed by atoms with van der Waals surface area (Å²) < 4.78 is 24.1. The smallest absolute Gasteiger partial charge is 0.199 e. The average molecular weight is 395 g/mol. The third-order valence-corrected chi connectivity index (χ3v) is 7.17. The molecule has 2 aliphatic heterocycles. The molecular weight excluding hydrogens is 356 g/mol. The molecule has 160 valence electrons. The van der Waals surface area contributed by atoms with Gasteiger partial charge in [0.1, 0.15) is 11.9 Å². The zero-order valence-corrected chi connectivity index (χ0v) is 17.4. The van der Waals surface area contributed by atoms with Crippen molar-refractivity contribution < 1.29 is 24.1 Å². The highest BCUT2D eigenvalue weighted by Crippen LogP contribution is 2.49. The third-order valence-electron chi connectivity index (χ3n) is 7.17. The Morgan fingerprint density at radius 1 is 0.893 bits per heavy atom. The summed E-state index contributed by atoms with van der Waals surface area (Å²) in [5.74, 6) is 2.66. The summed E-state index contributed by atoms with van der Waals surface area (Å²) in [6, 6.07) is 0. The molecule has 1 saturated heterocycles. The van der Waals surface area contributed by atoms with E-state index in [0.717, 1.165) is 56.8 Å². The molecule has 4 rings (SSSR count). The molecule has 2 heterocycles. The number of ether oxygens (including phenoxy) is 4. The van der Waals surface area contributed by atoms with Crippen LogP contribution >= 0.6 is 0 Å². The van der Waals surface area contributed by atoms with E-state index >= 15 is 0 Å². The lowest BCUT2D eigenvalue weighted by molar-refractivity contribution is -0.149. The molecule has 5 unspecified atom stereocenters. The summed E-state index contributed by atoms with van der Waals surface area (Å²) in [5, 5.41) is 10.9. The van der Waals surface area contributed by atoms with Crippen molar-refractivity contribution in [2.45, 2.75) is 95.7 Å².